The van der Waals surface area contributed by atoms with Gasteiger partial charge < -0.3 is 15.1 Å². The summed E-state index contributed by atoms with van der Waals surface area (Å²) in [4.78, 5) is 29.8. The molecule has 3 heterocycles. The standard InChI is InChI=1S/C24H24F3N7O2/c1-32-19-12-20(33-10-9-24(26,27)14-33)17(25)11-16(19)7-8-18(23(32)36)28-22(35)21-29-31-34(30-21)13-15-5-3-2-4-6-15/h2-6,11-12,18H,7-10,13-14H2,1H3,(H,28,35)/t18-/m0/s1. The van der Waals surface area contributed by atoms with E-state index >= 15 is 0 Å². The Balaban J connectivity index is 1.30. The zero-order valence-corrected chi connectivity index (χ0v) is 19.5. The minimum absolute atomic E-state index is 0.0248. The Kier molecular flexibility index (Phi) is 6.10. The van der Waals surface area contributed by atoms with E-state index in [2.05, 4.69) is 20.7 Å². The van der Waals surface area contributed by atoms with Crippen LogP contribution in [0.4, 0.5) is 24.5 Å². The smallest absolute Gasteiger partial charge is 0.293 e. The van der Waals surface area contributed by atoms with Crippen molar-refractivity contribution in [2.75, 3.05) is 29.9 Å². The number of alkyl halides is 2. The van der Waals surface area contributed by atoms with Gasteiger partial charge in [-0.1, -0.05) is 30.3 Å². The monoisotopic (exact) mass is 499 g/mol. The summed E-state index contributed by atoms with van der Waals surface area (Å²) < 4.78 is 42.2. The van der Waals surface area contributed by atoms with Gasteiger partial charge in [-0.3, -0.25) is 9.59 Å². The number of amides is 2. The molecule has 0 spiro atoms. The number of tetrazole rings is 1. The predicted molar refractivity (Wildman–Crippen MR) is 125 cm³/mol. The van der Waals surface area contributed by atoms with Crippen molar-refractivity contribution in [3.63, 3.8) is 0 Å². The van der Waals surface area contributed by atoms with Crippen molar-refractivity contribution < 1.29 is 22.8 Å². The number of halogens is 3. The zero-order valence-electron chi connectivity index (χ0n) is 19.5. The second kappa shape index (κ2) is 9.25. The van der Waals surface area contributed by atoms with E-state index in [0.717, 1.165) is 5.56 Å². The lowest BCUT2D eigenvalue weighted by atomic mass is 10.0. The van der Waals surface area contributed by atoms with Gasteiger partial charge in [-0.15, -0.1) is 10.2 Å². The Bertz CT molecular complexity index is 1300. The molecule has 9 nitrogen and oxygen atoms in total. The second-order valence-corrected chi connectivity index (χ2v) is 9.05. The van der Waals surface area contributed by atoms with Gasteiger partial charge in [0.2, 0.25) is 5.91 Å². The molecular formula is C24H24F3N7O2. The van der Waals surface area contributed by atoms with Gasteiger partial charge >= 0.3 is 0 Å². The highest BCUT2D eigenvalue weighted by molar-refractivity contribution is 6.02. The number of hydrogen-bond donors (Lipinski definition) is 1. The molecule has 0 radical (unpaired) electrons. The Labute approximate surface area is 204 Å². The van der Waals surface area contributed by atoms with Crippen LogP contribution in [-0.2, 0) is 17.8 Å². The molecule has 0 saturated carbocycles. The normalized spacial score (nSPS) is 19.2. The third kappa shape index (κ3) is 4.75. The van der Waals surface area contributed by atoms with Gasteiger partial charge in [-0.2, -0.15) is 4.80 Å². The van der Waals surface area contributed by atoms with Crippen LogP contribution in [0.5, 0.6) is 0 Å². The average Bonchev–Trinajstić information content (AvgIpc) is 3.44. The molecule has 0 aliphatic carbocycles. The van der Waals surface area contributed by atoms with Gasteiger partial charge in [-0.25, -0.2) is 13.2 Å². The van der Waals surface area contributed by atoms with Crippen LogP contribution in [0.3, 0.4) is 0 Å². The second-order valence-electron chi connectivity index (χ2n) is 9.05. The van der Waals surface area contributed by atoms with E-state index in [1.54, 1.807) is 0 Å². The number of rotatable bonds is 5. The van der Waals surface area contributed by atoms with E-state index < -0.39 is 36.1 Å². The summed E-state index contributed by atoms with van der Waals surface area (Å²) in [5.41, 5.74) is 1.95. The highest BCUT2D eigenvalue weighted by Crippen LogP contribution is 2.37. The van der Waals surface area contributed by atoms with Crippen LogP contribution in [0.15, 0.2) is 42.5 Å². The zero-order chi connectivity index (χ0) is 25.4. The lowest BCUT2D eigenvalue weighted by molar-refractivity contribution is -0.120. The minimum Gasteiger partial charge on any atom is -0.363 e. The van der Waals surface area contributed by atoms with Gasteiger partial charge in [-0.05, 0) is 41.3 Å². The van der Waals surface area contributed by atoms with E-state index in [0.29, 0.717) is 24.2 Å². The maximum absolute atomic E-state index is 14.8. The molecule has 5 rings (SSSR count). The molecule has 36 heavy (non-hydrogen) atoms. The number of anilines is 2. The molecule has 1 atom stereocenters. The summed E-state index contributed by atoms with van der Waals surface area (Å²) >= 11 is 0. The number of nitrogens with one attached hydrogen (secondary N) is 1. The highest BCUT2D eigenvalue weighted by Gasteiger charge is 2.40. The lowest BCUT2D eigenvalue weighted by Gasteiger charge is -2.25. The highest BCUT2D eigenvalue weighted by atomic mass is 19.3. The Hall–Kier alpha value is -3.96. The lowest BCUT2D eigenvalue weighted by Crippen LogP contribution is -2.47. The van der Waals surface area contributed by atoms with Crippen molar-refractivity contribution in [3.8, 4) is 0 Å². The fourth-order valence-corrected chi connectivity index (χ4v) is 4.57. The molecule has 1 fully saturated rings. The largest absolute Gasteiger partial charge is 0.363 e. The molecule has 0 bridgehead atoms. The fourth-order valence-electron chi connectivity index (χ4n) is 4.57. The quantitative estimate of drug-likeness (QED) is 0.579. The van der Waals surface area contributed by atoms with Crippen molar-refractivity contribution in [2.24, 2.45) is 0 Å². The minimum atomic E-state index is -2.88. The van der Waals surface area contributed by atoms with E-state index in [1.165, 1.54) is 33.8 Å². The maximum Gasteiger partial charge on any atom is 0.293 e. The summed E-state index contributed by atoms with van der Waals surface area (Å²) in [6.45, 7) is -0.216. The molecule has 0 unspecified atom stereocenters. The summed E-state index contributed by atoms with van der Waals surface area (Å²) in [6, 6.07) is 11.2. The van der Waals surface area contributed by atoms with Crippen LogP contribution < -0.4 is 15.1 Å². The van der Waals surface area contributed by atoms with Crippen LogP contribution >= 0.6 is 0 Å². The SMILES string of the molecule is CN1C(=O)[C@@H](NC(=O)c2nnn(Cc3ccccc3)n2)CCc2cc(F)c(N3CCC(F)(F)C3)cc21. The van der Waals surface area contributed by atoms with Gasteiger partial charge in [0.05, 0.1) is 18.8 Å². The molecule has 1 aromatic heterocycles. The van der Waals surface area contributed by atoms with E-state index in [9.17, 15) is 22.8 Å². The number of aromatic nitrogens is 4. The number of nitrogens with zero attached hydrogens (tertiary/aromatic N) is 6. The summed E-state index contributed by atoms with van der Waals surface area (Å²) in [6.07, 6.45) is 0.175. The number of carbonyl (C=O) groups is 2. The number of likely N-dealkylation sites (N-methyl/N-ethyl adjacent to an activating group) is 1. The molecule has 1 N–H and O–H groups in total. The molecule has 12 heteroatoms. The number of aryl methyl sites for hydroxylation is 1. The number of hydrogen-bond acceptors (Lipinski definition) is 6. The summed E-state index contributed by atoms with van der Waals surface area (Å²) in [5, 5.41) is 14.4. The van der Waals surface area contributed by atoms with Crippen LogP contribution in [0.2, 0.25) is 0 Å². The third-order valence-electron chi connectivity index (χ3n) is 6.48. The third-order valence-corrected chi connectivity index (χ3v) is 6.48. The molecule has 2 amide bonds. The van der Waals surface area contributed by atoms with E-state index in [-0.39, 0.29) is 30.9 Å². The Morgan fingerprint density at radius 1 is 1.19 bits per heavy atom. The predicted octanol–water partition coefficient (Wildman–Crippen LogP) is 2.41. The van der Waals surface area contributed by atoms with Gasteiger partial charge in [0.1, 0.15) is 11.9 Å². The molecule has 1 saturated heterocycles. The number of benzene rings is 2. The summed E-state index contributed by atoms with van der Waals surface area (Å²) in [5.74, 6) is -4.74. The van der Waals surface area contributed by atoms with E-state index in [4.69, 9.17) is 0 Å². The van der Waals surface area contributed by atoms with Crippen LogP contribution in [0.25, 0.3) is 0 Å². The summed E-state index contributed by atoms with van der Waals surface area (Å²) in [7, 11) is 1.51. The first-order chi connectivity index (χ1) is 17.2. The fraction of sp³-hybridized carbons (Fsp3) is 0.375. The van der Waals surface area contributed by atoms with Gasteiger partial charge in [0.15, 0.2) is 0 Å². The van der Waals surface area contributed by atoms with Crippen molar-refractivity contribution in [2.45, 2.75) is 37.8 Å². The van der Waals surface area contributed by atoms with Crippen LogP contribution in [-0.4, -0.2) is 64.1 Å². The van der Waals surface area contributed by atoms with Crippen molar-refractivity contribution in [3.05, 3.63) is 65.2 Å². The number of carbonyl (C=O) groups excluding carboxylic acids is 2. The first-order valence-electron chi connectivity index (χ1n) is 11.6. The topological polar surface area (TPSA) is 96.2 Å². The van der Waals surface area contributed by atoms with Crippen molar-refractivity contribution >= 4 is 23.2 Å². The van der Waals surface area contributed by atoms with Crippen LogP contribution in [0.1, 0.15) is 34.6 Å². The first-order valence-corrected chi connectivity index (χ1v) is 11.6. The Morgan fingerprint density at radius 2 is 1.97 bits per heavy atom. The van der Waals surface area contributed by atoms with Crippen molar-refractivity contribution in [1.29, 1.82) is 0 Å². The number of fused-ring (bicyclic) bond motifs is 1. The van der Waals surface area contributed by atoms with Gasteiger partial charge in [0.25, 0.3) is 17.7 Å². The molecule has 188 valence electrons. The van der Waals surface area contributed by atoms with E-state index in [1.807, 2.05) is 30.3 Å². The maximum atomic E-state index is 14.8. The van der Waals surface area contributed by atoms with Crippen molar-refractivity contribution in [1.82, 2.24) is 25.5 Å². The van der Waals surface area contributed by atoms with Crippen LogP contribution in [0, 0.1) is 5.82 Å². The molecule has 3 aromatic rings. The Morgan fingerprint density at radius 3 is 2.69 bits per heavy atom. The average molecular weight is 499 g/mol. The molecular weight excluding hydrogens is 475 g/mol. The van der Waals surface area contributed by atoms with Gasteiger partial charge in [0, 0.05) is 25.7 Å². The molecule has 2 aromatic carbocycles. The molecule has 2 aliphatic rings. The molecule has 2 aliphatic heterocycles. The first kappa shape index (κ1) is 23.8.